The molecule has 1 aromatic rings. The van der Waals surface area contributed by atoms with E-state index < -0.39 is 11.8 Å². The van der Waals surface area contributed by atoms with E-state index in [2.05, 4.69) is 5.32 Å². The third-order valence-corrected chi connectivity index (χ3v) is 3.25. The van der Waals surface area contributed by atoms with Gasteiger partial charge in [0.2, 0.25) is 0 Å². The Morgan fingerprint density at radius 1 is 1.30 bits per heavy atom. The monoisotopic (exact) mass is 310 g/mol. The summed E-state index contributed by atoms with van der Waals surface area (Å²) in [7, 11) is 0. The first kappa shape index (κ1) is 14.6. The molecule has 0 saturated carbocycles. The number of nitrogens with zero attached hydrogens (tertiary/aromatic N) is 1. The molecule has 2 amide bonds. The van der Waals surface area contributed by atoms with Crippen molar-refractivity contribution < 1.29 is 9.59 Å². The number of hydrogen-bond acceptors (Lipinski definition) is 3. The van der Waals surface area contributed by atoms with Gasteiger partial charge < -0.3 is 0 Å². The highest BCUT2D eigenvalue weighted by Gasteiger charge is 2.16. The summed E-state index contributed by atoms with van der Waals surface area (Å²) in [6.07, 6.45) is 4.83. The van der Waals surface area contributed by atoms with Crippen LogP contribution in [0.5, 0.6) is 0 Å². The predicted molar refractivity (Wildman–Crippen MR) is 78.4 cm³/mol. The molecular weight excluding hydrogens is 299 g/mol. The molecular formula is C14H12Cl2N2O2. The molecule has 2 rings (SSSR count). The van der Waals surface area contributed by atoms with Crippen molar-refractivity contribution >= 4 is 35.2 Å². The van der Waals surface area contributed by atoms with Crippen LogP contribution in [0, 0.1) is 6.92 Å². The fraction of sp³-hybridized carbons (Fsp3) is 0.143. The normalized spacial score (nSPS) is 13.9. The zero-order chi connectivity index (χ0) is 14.7. The SMILES string of the molecule is Cc1cc(Cl)ccc1C(=O)NC(=O)C1=CN(Cl)CC=C1. The molecule has 1 heterocycles. The second kappa shape index (κ2) is 6.11. The molecule has 0 fully saturated rings. The summed E-state index contributed by atoms with van der Waals surface area (Å²) >= 11 is 11.6. The second-order valence-corrected chi connectivity index (χ2v) is 5.18. The number of imide groups is 1. The second-order valence-electron chi connectivity index (χ2n) is 4.31. The van der Waals surface area contributed by atoms with Gasteiger partial charge in [0.15, 0.2) is 0 Å². The van der Waals surface area contributed by atoms with Gasteiger partial charge >= 0.3 is 0 Å². The van der Waals surface area contributed by atoms with E-state index in [-0.39, 0.29) is 0 Å². The zero-order valence-corrected chi connectivity index (χ0v) is 12.2. The maximum absolute atomic E-state index is 12.0. The summed E-state index contributed by atoms with van der Waals surface area (Å²) in [5, 5.41) is 2.86. The molecule has 4 nitrogen and oxygen atoms in total. The summed E-state index contributed by atoms with van der Waals surface area (Å²) in [4.78, 5) is 24.0. The summed E-state index contributed by atoms with van der Waals surface area (Å²) < 4.78 is 1.34. The lowest BCUT2D eigenvalue weighted by Crippen LogP contribution is -2.32. The van der Waals surface area contributed by atoms with Crippen LogP contribution in [-0.4, -0.2) is 22.8 Å². The lowest BCUT2D eigenvalue weighted by Gasteiger charge is -2.14. The maximum atomic E-state index is 12.0. The fourth-order valence-corrected chi connectivity index (χ4v) is 2.20. The Kier molecular flexibility index (Phi) is 4.47. The van der Waals surface area contributed by atoms with E-state index in [0.29, 0.717) is 28.3 Å². The molecule has 0 atom stereocenters. The number of carbonyl (C=O) groups is 2. The van der Waals surface area contributed by atoms with Gasteiger partial charge in [-0.25, -0.2) is 0 Å². The quantitative estimate of drug-likeness (QED) is 0.675. The topological polar surface area (TPSA) is 49.4 Å². The average molecular weight is 311 g/mol. The van der Waals surface area contributed by atoms with E-state index in [9.17, 15) is 9.59 Å². The molecule has 6 heteroatoms. The molecule has 0 aliphatic carbocycles. The summed E-state index contributed by atoms with van der Waals surface area (Å²) in [5.41, 5.74) is 1.44. The first-order valence-electron chi connectivity index (χ1n) is 5.90. The van der Waals surface area contributed by atoms with E-state index in [0.717, 1.165) is 0 Å². The summed E-state index contributed by atoms with van der Waals surface area (Å²) in [6.45, 7) is 2.27. The van der Waals surface area contributed by atoms with E-state index in [1.807, 2.05) is 0 Å². The van der Waals surface area contributed by atoms with Gasteiger partial charge in [-0.05, 0) is 30.7 Å². The number of rotatable bonds is 2. The Morgan fingerprint density at radius 2 is 2.05 bits per heavy atom. The number of carbonyl (C=O) groups excluding carboxylic acids is 2. The molecule has 0 unspecified atom stereocenters. The van der Waals surface area contributed by atoms with Crippen molar-refractivity contribution in [3.05, 3.63) is 58.3 Å². The Hall–Kier alpha value is -1.78. The maximum Gasteiger partial charge on any atom is 0.259 e. The van der Waals surface area contributed by atoms with Crippen molar-refractivity contribution in [1.29, 1.82) is 0 Å². The van der Waals surface area contributed by atoms with E-state index >= 15 is 0 Å². The third-order valence-electron chi connectivity index (χ3n) is 2.78. The highest BCUT2D eigenvalue weighted by molar-refractivity contribution is 6.30. The van der Waals surface area contributed by atoms with Crippen molar-refractivity contribution in [3.63, 3.8) is 0 Å². The Bertz CT molecular complexity index is 624. The number of halogens is 2. The van der Waals surface area contributed by atoms with E-state index in [1.54, 1.807) is 37.3 Å². The summed E-state index contributed by atoms with van der Waals surface area (Å²) in [6, 6.07) is 4.86. The number of amides is 2. The zero-order valence-electron chi connectivity index (χ0n) is 10.7. The number of nitrogens with one attached hydrogen (secondary N) is 1. The minimum Gasteiger partial charge on any atom is -0.288 e. The van der Waals surface area contributed by atoms with Crippen LogP contribution in [0.2, 0.25) is 5.02 Å². The van der Waals surface area contributed by atoms with Crippen molar-refractivity contribution in [2.24, 2.45) is 0 Å². The molecule has 20 heavy (non-hydrogen) atoms. The molecule has 0 saturated heterocycles. The van der Waals surface area contributed by atoms with E-state index in [1.165, 1.54) is 10.6 Å². The van der Waals surface area contributed by atoms with Gasteiger partial charge in [0, 0.05) is 28.6 Å². The van der Waals surface area contributed by atoms with Gasteiger partial charge in [-0.2, -0.15) is 0 Å². The lowest BCUT2D eigenvalue weighted by molar-refractivity contribution is -0.116. The first-order valence-corrected chi connectivity index (χ1v) is 6.61. The third kappa shape index (κ3) is 3.40. The standard InChI is InChI=1S/C14H12Cl2N2O2/c1-9-7-11(15)4-5-12(9)14(20)17-13(19)10-3-2-6-18(16)8-10/h2-5,7-8H,6H2,1H3,(H,17,19,20). The van der Waals surface area contributed by atoms with Gasteiger partial charge in [-0.15, -0.1) is 0 Å². The molecule has 104 valence electrons. The molecule has 0 spiro atoms. The minimum atomic E-state index is -0.494. The highest BCUT2D eigenvalue weighted by atomic mass is 35.5. The van der Waals surface area contributed by atoms with Crippen molar-refractivity contribution in [2.75, 3.05) is 6.54 Å². The smallest absolute Gasteiger partial charge is 0.259 e. The predicted octanol–water partition coefficient (Wildman–Crippen LogP) is 2.81. The van der Waals surface area contributed by atoms with Crippen molar-refractivity contribution in [2.45, 2.75) is 6.92 Å². The molecule has 0 bridgehead atoms. The van der Waals surface area contributed by atoms with Crippen LogP contribution in [0.25, 0.3) is 0 Å². The van der Waals surface area contributed by atoms with Gasteiger partial charge in [-0.1, -0.05) is 23.8 Å². The van der Waals surface area contributed by atoms with Crippen LogP contribution in [-0.2, 0) is 4.79 Å². The van der Waals surface area contributed by atoms with Crippen LogP contribution < -0.4 is 5.32 Å². The van der Waals surface area contributed by atoms with Gasteiger partial charge in [0.05, 0.1) is 12.1 Å². The lowest BCUT2D eigenvalue weighted by atomic mass is 10.1. The largest absolute Gasteiger partial charge is 0.288 e. The Labute approximate surface area is 126 Å². The number of aryl methyl sites for hydroxylation is 1. The van der Waals surface area contributed by atoms with Crippen LogP contribution in [0.4, 0.5) is 0 Å². The van der Waals surface area contributed by atoms with Gasteiger partial charge in [0.1, 0.15) is 0 Å². The number of hydrogen-bond donors (Lipinski definition) is 1. The van der Waals surface area contributed by atoms with Crippen molar-refractivity contribution in [1.82, 2.24) is 9.74 Å². The molecule has 0 aromatic heterocycles. The van der Waals surface area contributed by atoms with Crippen LogP contribution >= 0.6 is 23.4 Å². The van der Waals surface area contributed by atoms with Crippen LogP contribution in [0.3, 0.4) is 0 Å². The molecule has 1 N–H and O–H groups in total. The number of benzene rings is 1. The Balaban J connectivity index is 2.12. The van der Waals surface area contributed by atoms with Crippen LogP contribution in [0.15, 0.2) is 42.1 Å². The average Bonchev–Trinajstić information content (AvgIpc) is 2.38. The van der Waals surface area contributed by atoms with E-state index in [4.69, 9.17) is 23.4 Å². The fourth-order valence-electron chi connectivity index (χ4n) is 1.79. The minimum absolute atomic E-state index is 0.325. The Morgan fingerprint density at radius 3 is 2.70 bits per heavy atom. The highest BCUT2D eigenvalue weighted by Crippen LogP contribution is 2.15. The van der Waals surface area contributed by atoms with Crippen molar-refractivity contribution in [3.8, 4) is 0 Å². The molecule has 1 aliphatic heterocycles. The van der Waals surface area contributed by atoms with Crippen LogP contribution in [0.1, 0.15) is 15.9 Å². The molecule has 0 radical (unpaired) electrons. The van der Waals surface area contributed by atoms with Gasteiger partial charge in [0.25, 0.3) is 11.8 Å². The molecule has 1 aromatic carbocycles. The summed E-state index contributed by atoms with van der Waals surface area (Å²) in [5.74, 6) is -0.962. The first-order chi connectivity index (χ1) is 9.47. The molecule has 1 aliphatic rings. The van der Waals surface area contributed by atoms with Gasteiger partial charge in [-0.3, -0.25) is 19.3 Å².